The summed E-state index contributed by atoms with van der Waals surface area (Å²) in [6.07, 6.45) is 0.994. The van der Waals surface area contributed by atoms with E-state index in [2.05, 4.69) is 5.32 Å². The molecule has 0 aliphatic heterocycles. The molecular weight excluding hydrogens is 140 g/mol. The maximum absolute atomic E-state index is 5.51. The lowest BCUT2D eigenvalue weighted by Crippen LogP contribution is -2.32. The van der Waals surface area contributed by atoms with Gasteiger partial charge < -0.3 is 22.5 Å². The quantitative estimate of drug-likeness (QED) is 0.340. The zero-order valence-corrected chi connectivity index (χ0v) is 7.05. The van der Waals surface area contributed by atoms with E-state index in [9.17, 15) is 0 Å². The van der Waals surface area contributed by atoms with E-state index < -0.39 is 0 Å². The Bertz CT molecular complexity index is 76.8. The van der Waals surface area contributed by atoms with Crippen LogP contribution in [0.15, 0.2) is 0 Å². The molecule has 0 heterocycles. The van der Waals surface area contributed by atoms with Crippen LogP contribution in [0.25, 0.3) is 0 Å². The second-order valence-electron chi connectivity index (χ2n) is 2.67. The lowest BCUT2D eigenvalue weighted by molar-refractivity contribution is 0.463. The van der Waals surface area contributed by atoms with Crippen molar-refractivity contribution in [3.8, 4) is 0 Å². The molecule has 0 amide bonds. The van der Waals surface area contributed by atoms with Crippen LogP contribution in [0, 0.1) is 5.92 Å². The molecule has 68 valence electrons. The van der Waals surface area contributed by atoms with Gasteiger partial charge in [0.25, 0.3) is 0 Å². The summed E-state index contributed by atoms with van der Waals surface area (Å²) in [5.74, 6) is 0.506. The number of nitrogens with one attached hydrogen (secondary N) is 1. The molecule has 4 heteroatoms. The third kappa shape index (κ3) is 6.25. The van der Waals surface area contributed by atoms with Gasteiger partial charge in [0.1, 0.15) is 0 Å². The Morgan fingerprint density at radius 2 is 1.82 bits per heavy atom. The van der Waals surface area contributed by atoms with Gasteiger partial charge in [0.05, 0.1) is 0 Å². The molecule has 0 radical (unpaired) electrons. The topological polar surface area (TPSA) is 90.1 Å². The Balaban J connectivity index is 3.20. The second kappa shape index (κ2) is 7.94. The fraction of sp³-hybridized carbons (Fsp3) is 1.00. The van der Waals surface area contributed by atoms with E-state index in [4.69, 9.17) is 17.2 Å². The Labute approximate surface area is 68.5 Å². The molecule has 1 atom stereocenters. The van der Waals surface area contributed by atoms with Crippen LogP contribution in [0.4, 0.5) is 0 Å². The van der Waals surface area contributed by atoms with E-state index >= 15 is 0 Å². The van der Waals surface area contributed by atoms with Crippen molar-refractivity contribution in [2.45, 2.75) is 6.42 Å². The van der Waals surface area contributed by atoms with Crippen molar-refractivity contribution < 1.29 is 0 Å². The first-order valence-electron chi connectivity index (χ1n) is 4.16. The van der Waals surface area contributed by atoms with Crippen molar-refractivity contribution in [3.63, 3.8) is 0 Å². The van der Waals surface area contributed by atoms with Crippen molar-refractivity contribution in [1.29, 1.82) is 0 Å². The summed E-state index contributed by atoms with van der Waals surface area (Å²) in [5, 5.41) is 3.21. The highest BCUT2D eigenvalue weighted by molar-refractivity contribution is 4.63. The zero-order chi connectivity index (χ0) is 8.53. The van der Waals surface area contributed by atoms with Crippen molar-refractivity contribution in [2.24, 2.45) is 23.1 Å². The predicted molar refractivity (Wildman–Crippen MR) is 48.1 cm³/mol. The minimum absolute atomic E-state index is 0.506. The Morgan fingerprint density at radius 1 is 1.09 bits per heavy atom. The first kappa shape index (κ1) is 10.8. The zero-order valence-electron chi connectivity index (χ0n) is 7.05. The summed E-state index contributed by atoms with van der Waals surface area (Å²) in [5.41, 5.74) is 16.2. The highest BCUT2D eigenvalue weighted by Crippen LogP contribution is 1.95. The average molecular weight is 160 g/mol. The molecule has 0 fully saturated rings. The third-order valence-electron chi connectivity index (χ3n) is 1.66. The van der Waals surface area contributed by atoms with Crippen LogP contribution < -0.4 is 22.5 Å². The largest absolute Gasteiger partial charge is 0.330 e. The van der Waals surface area contributed by atoms with E-state index in [1.807, 2.05) is 0 Å². The van der Waals surface area contributed by atoms with Gasteiger partial charge in [-0.25, -0.2) is 0 Å². The summed E-state index contributed by atoms with van der Waals surface area (Å²) in [6, 6.07) is 0. The van der Waals surface area contributed by atoms with E-state index in [0.29, 0.717) is 25.6 Å². The van der Waals surface area contributed by atoms with E-state index in [1.165, 1.54) is 0 Å². The Morgan fingerprint density at radius 3 is 2.27 bits per heavy atom. The van der Waals surface area contributed by atoms with Crippen molar-refractivity contribution >= 4 is 0 Å². The lowest BCUT2D eigenvalue weighted by atomic mass is 10.1. The van der Waals surface area contributed by atoms with Gasteiger partial charge in [0.15, 0.2) is 0 Å². The van der Waals surface area contributed by atoms with Gasteiger partial charge in [-0.05, 0) is 32.0 Å². The Hall–Kier alpha value is -0.160. The molecular formula is C7H20N4. The molecule has 0 rings (SSSR count). The Kier molecular flexibility index (Phi) is 7.83. The average Bonchev–Trinajstić information content (AvgIpc) is 2.03. The minimum atomic E-state index is 0.506. The predicted octanol–water partition coefficient (Wildman–Crippen LogP) is -1.54. The second-order valence-corrected chi connectivity index (χ2v) is 2.67. The number of rotatable bonds is 7. The molecule has 1 unspecified atom stereocenters. The first-order chi connectivity index (χ1) is 5.35. The van der Waals surface area contributed by atoms with E-state index in [-0.39, 0.29) is 0 Å². The van der Waals surface area contributed by atoms with Crippen LogP contribution >= 0.6 is 0 Å². The smallest absolute Gasteiger partial charge is 0.00746 e. The maximum Gasteiger partial charge on any atom is 0.00746 e. The van der Waals surface area contributed by atoms with Crippen molar-refractivity contribution in [1.82, 2.24) is 5.32 Å². The molecule has 0 aromatic heterocycles. The molecule has 0 aliphatic carbocycles. The van der Waals surface area contributed by atoms with E-state index in [1.54, 1.807) is 0 Å². The molecule has 0 aromatic rings. The van der Waals surface area contributed by atoms with Crippen LogP contribution in [0.3, 0.4) is 0 Å². The number of hydrogen-bond acceptors (Lipinski definition) is 4. The van der Waals surface area contributed by atoms with Crippen molar-refractivity contribution in [2.75, 3.05) is 32.7 Å². The number of nitrogens with two attached hydrogens (primary N) is 3. The molecule has 0 spiro atoms. The molecule has 7 N–H and O–H groups in total. The van der Waals surface area contributed by atoms with Crippen LogP contribution in [0.2, 0.25) is 0 Å². The van der Waals surface area contributed by atoms with Crippen molar-refractivity contribution in [3.05, 3.63) is 0 Å². The molecule has 0 bridgehead atoms. The van der Waals surface area contributed by atoms with Gasteiger partial charge in [-0.3, -0.25) is 0 Å². The van der Waals surface area contributed by atoms with Crippen LogP contribution in [-0.2, 0) is 0 Å². The van der Waals surface area contributed by atoms with Gasteiger partial charge in [-0.1, -0.05) is 0 Å². The fourth-order valence-corrected chi connectivity index (χ4v) is 0.947. The van der Waals surface area contributed by atoms with Crippen LogP contribution in [0.1, 0.15) is 6.42 Å². The van der Waals surface area contributed by atoms with Gasteiger partial charge in [-0.2, -0.15) is 0 Å². The molecule has 0 aromatic carbocycles. The normalized spacial score (nSPS) is 13.4. The highest BCUT2D eigenvalue weighted by atomic mass is 14.9. The third-order valence-corrected chi connectivity index (χ3v) is 1.66. The molecule has 0 saturated carbocycles. The van der Waals surface area contributed by atoms with Gasteiger partial charge >= 0.3 is 0 Å². The summed E-state index contributed by atoms with van der Waals surface area (Å²) in [4.78, 5) is 0. The van der Waals surface area contributed by atoms with Gasteiger partial charge in [0.2, 0.25) is 0 Å². The first-order valence-corrected chi connectivity index (χ1v) is 4.16. The van der Waals surface area contributed by atoms with Gasteiger partial charge in [0, 0.05) is 13.1 Å². The standard InChI is InChI=1S/C7H20N4/c8-2-1-7(5-10)6-11-4-3-9/h7,11H,1-6,8-10H2. The summed E-state index contributed by atoms with van der Waals surface area (Å²) in [7, 11) is 0. The van der Waals surface area contributed by atoms with Gasteiger partial charge in [-0.15, -0.1) is 0 Å². The molecule has 4 nitrogen and oxygen atoms in total. The monoisotopic (exact) mass is 160 g/mol. The highest BCUT2D eigenvalue weighted by Gasteiger charge is 2.03. The summed E-state index contributed by atoms with van der Waals surface area (Å²) < 4.78 is 0. The van der Waals surface area contributed by atoms with Crippen LogP contribution in [-0.4, -0.2) is 32.7 Å². The van der Waals surface area contributed by atoms with E-state index in [0.717, 1.165) is 19.5 Å². The summed E-state index contributed by atoms with van der Waals surface area (Å²) >= 11 is 0. The maximum atomic E-state index is 5.51. The molecule has 0 aliphatic rings. The fourth-order valence-electron chi connectivity index (χ4n) is 0.947. The SMILES string of the molecule is NCCNCC(CN)CCN. The lowest BCUT2D eigenvalue weighted by Gasteiger charge is -2.13. The number of hydrogen-bond donors (Lipinski definition) is 4. The molecule has 0 saturated heterocycles. The van der Waals surface area contributed by atoms with Crippen LogP contribution in [0.5, 0.6) is 0 Å². The molecule has 11 heavy (non-hydrogen) atoms. The summed E-state index contributed by atoms with van der Waals surface area (Å²) in [6.45, 7) is 3.90. The minimum Gasteiger partial charge on any atom is -0.330 e.